The van der Waals surface area contributed by atoms with Crippen LogP contribution in [0.4, 0.5) is 10.2 Å². The van der Waals surface area contributed by atoms with Crippen LogP contribution in [-0.4, -0.2) is 68.4 Å². The molecule has 1 aliphatic rings. The van der Waals surface area contributed by atoms with Crippen LogP contribution in [0.15, 0.2) is 64.7 Å². The molecule has 1 saturated heterocycles. The summed E-state index contributed by atoms with van der Waals surface area (Å²) in [5.41, 5.74) is 5.73. The van der Waals surface area contributed by atoms with Gasteiger partial charge in [-0.2, -0.15) is 10.4 Å². The minimum atomic E-state index is -0.568. The second kappa shape index (κ2) is 16.8. The fraction of sp³-hybridized carbons (Fsp3) is 0.300. The third kappa shape index (κ3) is 9.29. The molecular formula is C30H35FN6O2S. The number of carbonyl (C=O) groups excluding carboxylic acids is 2. The van der Waals surface area contributed by atoms with Gasteiger partial charge in [0, 0.05) is 61.9 Å². The topological polar surface area (TPSA) is 102 Å². The zero-order chi connectivity index (χ0) is 29.5. The molecule has 0 radical (unpaired) electrons. The van der Waals surface area contributed by atoms with Gasteiger partial charge in [0.2, 0.25) is 0 Å². The highest BCUT2D eigenvalue weighted by molar-refractivity contribution is 7.80. The number of nitriles is 1. The lowest BCUT2D eigenvalue weighted by Crippen LogP contribution is -2.44. The highest BCUT2D eigenvalue weighted by Crippen LogP contribution is 2.18. The van der Waals surface area contributed by atoms with Crippen molar-refractivity contribution in [2.24, 2.45) is 5.10 Å². The van der Waals surface area contributed by atoms with E-state index in [1.807, 2.05) is 26.0 Å². The number of piperazine rings is 1. The van der Waals surface area contributed by atoms with Crippen molar-refractivity contribution in [1.29, 1.82) is 5.26 Å². The fourth-order valence-corrected chi connectivity index (χ4v) is 4.09. The molecule has 1 N–H and O–H groups in total. The van der Waals surface area contributed by atoms with E-state index in [1.165, 1.54) is 12.1 Å². The van der Waals surface area contributed by atoms with E-state index in [4.69, 9.17) is 5.26 Å². The summed E-state index contributed by atoms with van der Waals surface area (Å²) in [6.45, 7) is 8.16. The normalized spacial score (nSPS) is 13.1. The summed E-state index contributed by atoms with van der Waals surface area (Å²) in [5.74, 6) is 0.406. The summed E-state index contributed by atoms with van der Waals surface area (Å²) in [7, 11) is 3.77. The van der Waals surface area contributed by atoms with Crippen molar-refractivity contribution >= 4 is 36.7 Å². The Hall–Kier alpha value is -4.07. The number of rotatable bonds is 7. The Balaban J connectivity index is 0.000000284. The van der Waals surface area contributed by atoms with Crippen LogP contribution in [0.3, 0.4) is 0 Å². The number of nitrogens with one attached hydrogen (secondary N) is 1. The standard InChI is InChI=1S/C17H15FN2O2S.C11H14N4.C2H6/c1-19-20-17(15-8-14(23)4-3-12(15)9-21)7-11-2-5-16(18)13(6-11)10-22;1-14-4-6-15(7-5-14)11-3-2-10(8-12)9-13-11;1-2/h2-6,8-10,19,23H,7H2,1H3;2-3,9H,4-7H2,1H3;1-2H3/b20-17-;;. The summed E-state index contributed by atoms with van der Waals surface area (Å²) in [6, 6.07) is 15.2. The molecule has 0 saturated carbocycles. The van der Waals surface area contributed by atoms with Gasteiger partial charge in [0.05, 0.1) is 16.8 Å². The zero-order valence-corrected chi connectivity index (χ0v) is 24.2. The zero-order valence-electron chi connectivity index (χ0n) is 23.3. The van der Waals surface area contributed by atoms with Crippen LogP contribution in [-0.2, 0) is 6.42 Å². The lowest BCUT2D eigenvalue weighted by Gasteiger charge is -2.33. The van der Waals surface area contributed by atoms with Crippen LogP contribution in [0, 0.1) is 17.1 Å². The van der Waals surface area contributed by atoms with Gasteiger partial charge in [0.25, 0.3) is 0 Å². The monoisotopic (exact) mass is 562 g/mol. The van der Waals surface area contributed by atoms with Crippen molar-refractivity contribution in [3.8, 4) is 6.07 Å². The maximum Gasteiger partial charge on any atom is 0.153 e. The van der Waals surface area contributed by atoms with Gasteiger partial charge >= 0.3 is 0 Å². The Kier molecular flexibility index (Phi) is 13.5. The molecule has 8 nitrogen and oxygen atoms in total. The first-order chi connectivity index (χ1) is 19.4. The molecule has 0 spiro atoms. The number of likely N-dealkylation sites (N-methyl/N-ethyl adjacent to an activating group) is 1. The van der Waals surface area contributed by atoms with E-state index in [1.54, 1.807) is 37.5 Å². The van der Waals surface area contributed by atoms with Gasteiger partial charge in [-0.15, -0.1) is 12.6 Å². The Morgan fingerprint density at radius 3 is 2.35 bits per heavy atom. The predicted octanol–water partition coefficient (Wildman–Crippen LogP) is 4.64. The summed E-state index contributed by atoms with van der Waals surface area (Å²) in [6.07, 6.45) is 3.18. The van der Waals surface area contributed by atoms with Crippen LogP contribution in [0.1, 0.15) is 51.3 Å². The summed E-state index contributed by atoms with van der Waals surface area (Å²) < 4.78 is 13.4. The number of aromatic nitrogens is 1. The summed E-state index contributed by atoms with van der Waals surface area (Å²) in [4.78, 5) is 31.7. The van der Waals surface area contributed by atoms with Gasteiger partial charge in [0.1, 0.15) is 17.7 Å². The molecule has 10 heteroatoms. The Bertz CT molecular complexity index is 1330. The number of thiol groups is 1. The molecular weight excluding hydrogens is 527 g/mol. The highest BCUT2D eigenvalue weighted by Gasteiger charge is 2.15. The molecule has 0 unspecified atom stereocenters. The van der Waals surface area contributed by atoms with Crippen molar-refractivity contribution in [3.63, 3.8) is 0 Å². The predicted molar refractivity (Wildman–Crippen MR) is 160 cm³/mol. The number of halogens is 1. The van der Waals surface area contributed by atoms with Crippen LogP contribution < -0.4 is 10.3 Å². The number of anilines is 1. The third-order valence-electron chi connectivity index (χ3n) is 5.98. The smallest absolute Gasteiger partial charge is 0.153 e. The van der Waals surface area contributed by atoms with E-state index in [-0.39, 0.29) is 5.56 Å². The molecule has 2 heterocycles. The largest absolute Gasteiger partial charge is 0.354 e. The fourth-order valence-electron chi connectivity index (χ4n) is 3.89. The molecule has 0 atom stereocenters. The van der Waals surface area contributed by atoms with Gasteiger partial charge in [0.15, 0.2) is 12.6 Å². The quantitative estimate of drug-likeness (QED) is 0.187. The summed E-state index contributed by atoms with van der Waals surface area (Å²) >= 11 is 4.29. The van der Waals surface area contributed by atoms with E-state index in [0.717, 1.165) is 38.3 Å². The van der Waals surface area contributed by atoms with Crippen molar-refractivity contribution in [2.75, 3.05) is 45.2 Å². The van der Waals surface area contributed by atoms with Gasteiger partial charge in [-0.05, 0) is 55.1 Å². The molecule has 1 aliphatic heterocycles. The van der Waals surface area contributed by atoms with E-state index in [0.29, 0.717) is 45.6 Å². The molecule has 1 fully saturated rings. The molecule has 2 aromatic carbocycles. The number of nitrogens with zero attached hydrogens (tertiary/aromatic N) is 5. The minimum absolute atomic E-state index is 0.00938. The first-order valence-electron chi connectivity index (χ1n) is 12.9. The lowest BCUT2D eigenvalue weighted by atomic mass is 9.97. The van der Waals surface area contributed by atoms with Crippen molar-refractivity contribution in [3.05, 3.63) is 88.4 Å². The van der Waals surface area contributed by atoms with Crippen molar-refractivity contribution in [1.82, 2.24) is 15.3 Å². The number of carbonyl (C=O) groups is 2. The van der Waals surface area contributed by atoms with E-state index in [9.17, 15) is 14.0 Å². The third-order valence-corrected chi connectivity index (χ3v) is 6.26. The van der Waals surface area contributed by atoms with E-state index < -0.39 is 5.82 Å². The molecule has 0 amide bonds. The first kappa shape index (κ1) is 32.1. The number of aldehydes is 2. The molecule has 0 aliphatic carbocycles. The number of pyridine rings is 1. The second-order valence-electron chi connectivity index (χ2n) is 8.63. The van der Waals surface area contributed by atoms with Crippen LogP contribution in [0.25, 0.3) is 0 Å². The van der Waals surface area contributed by atoms with Crippen LogP contribution in [0.5, 0.6) is 0 Å². The summed E-state index contributed by atoms with van der Waals surface area (Å²) in [5, 5.41) is 12.9. The van der Waals surface area contributed by atoms with Crippen molar-refractivity contribution in [2.45, 2.75) is 25.2 Å². The first-order valence-corrected chi connectivity index (χ1v) is 13.4. The van der Waals surface area contributed by atoms with Gasteiger partial charge in [-0.1, -0.05) is 19.9 Å². The Labute approximate surface area is 240 Å². The molecule has 40 heavy (non-hydrogen) atoms. The number of hydrogen-bond acceptors (Lipinski definition) is 9. The van der Waals surface area contributed by atoms with E-state index in [2.05, 4.69) is 51.1 Å². The SMILES string of the molecule is CC.CN/N=C(/Cc1ccc(F)c(C=O)c1)c1cc(S)ccc1C=O.CN1CCN(c2ccc(C#N)cn2)CC1. The number of hydrazone groups is 1. The van der Waals surface area contributed by atoms with Crippen LogP contribution >= 0.6 is 12.6 Å². The Morgan fingerprint density at radius 1 is 1.07 bits per heavy atom. The highest BCUT2D eigenvalue weighted by atomic mass is 32.1. The molecule has 210 valence electrons. The molecule has 0 bridgehead atoms. The number of benzene rings is 2. The number of hydrogen-bond donors (Lipinski definition) is 2. The average Bonchev–Trinajstić information content (AvgIpc) is 2.99. The maximum absolute atomic E-state index is 13.4. The lowest BCUT2D eigenvalue weighted by molar-refractivity contribution is 0.111. The maximum atomic E-state index is 13.4. The van der Waals surface area contributed by atoms with Crippen LogP contribution in [0.2, 0.25) is 0 Å². The van der Waals surface area contributed by atoms with Crippen molar-refractivity contribution < 1.29 is 14.0 Å². The Morgan fingerprint density at radius 2 is 1.77 bits per heavy atom. The molecule has 3 aromatic rings. The molecule has 4 rings (SSSR count). The van der Waals surface area contributed by atoms with Gasteiger partial charge < -0.3 is 15.2 Å². The van der Waals surface area contributed by atoms with Gasteiger partial charge in [-0.3, -0.25) is 9.59 Å². The molecule has 1 aromatic heterocycles. The van der Waals surface area contributed by atoms with Gasteiger partial charge in [-0.25, -0.2) is 9.37 Å². The average molecular weight is 563 g/mol. The minimum Gasteiger partial charge on any atom is -0.354 e. The second-order valence-corrected chi connectivity index (χ2v) is 9.15. The van der Waals surface area contributed by atoms with E-state index >= 15 is 0 Å².